The van der Waals surface area contributed by atoms with Gasteiger partial charge in [-0.05, 0) is 23.3 Å². The summed E-state index contributed by atoms with van der Waals surface area (Å²) < 4.78 is 5.02. The van der Waals surface area contributed by atoms with Crippen molar-refractivity contribution in [2.45, 2.75) is 0 Å². The van der Waals surface area contributed by atoms with Crippen LogP contribution in [0.1, 0.15) is 11.1 Å². The highest BCUT2D eigenvalue weighted by Gasteiger charge is 1.95. The average Bonchev–Trinajstić information content (AvgIpc) is 2.28. The molecule has 1 aromatic rings. The van der Waals surface area contributed by atoms with E-state index in [-0.39, 0.29) is 0 Å². The predicted molar refractivity (Wildman–Crippen MR) is 45.6 cm³/mol. The van der Waals surface area contributed by atoms with Crippen LogP contribution in [0.2, 0.25) is 0 Å². The van der Waals surface area contributed by atoms with Crippen molar-refractivity contribution in [3.8, 4) is 0 Å². The van der Waals surface area contributed by atoms with E-state index in [1.165, 1.54) is 11.1 Å². The summed E-state index contributed by atoms with van der Waals surface area (Å²) in [6.07, 6.45) is 7.27. The first-order chi connectivity index (χ1) is 5.47. The van der Waals surface area contributed by atoms with Crippen LogP contribution in [0.4, 0.5) is 0 Å². The average molecular weight is 144 g/mol. The Hall–Kier alpha value is -1.50. The Balaban J connectivity index is 2.58. The molecule has 1 aromatic carbocycles. The Bertz CT molecular complexity index is 279. The molecule has 0 N–H and O–H groups in total. The molecule has 0 fully saturated rings. The summed E-state index contributed by atoms with van der Waals surface area (Å²) in [5.41, 5.74) is 2.39. The first kappa shape index (κ1) is 6.23. The molecule has 0 bridgehead atoms. The van der Waals surface area contributed by atoms with Crippen molar-refractivity contribution in [1.82, 2.24) is 0 Å². The Labute approximate surface area is 65.6 Å². The molecule has 0 spiro atoms. The highest BCUT2D eigenvalue weighted by atomic mass is 16.5. The minimum atomic E-state index is 1.20. The lowest BCUT2D eigenvalue weighted by atomic mass is 10.1. The fourth-order valence-electron chi connectivity index (χ4n) is 1.08. The molecule has 11 heavy (non-hydrogen) atoms. The second kappa shape index (κ2) is 2.62. The van der Waals surface area contributed by atoms with Crippen LogP contribution in [0.25, 0.3) is 12.2 Å². The van der Waals surface area contributed by atoms with E-state index in [4.69, 9.17) is 4.74 Å². The topological polar surface area (TPSA) is 9.23 Å². The number of rotatable bonds is 0. The Morgan fingerprint density at radius 1 is 0.818 bits per heavy atom. The third kappa shape index (κ3) is 1.17. The van der Waals surface area contributed by atoms with Crippen LogP contribution in [0.15, 0.2) is 36.8 Å². The van der Waals surface area contributed by atoms with Crippen LogP contribution < -0.4 is 0 Å². The standard InChI is InChI=1S/C10H8O/c1-2-4-10-6-8-11-7-5-9(10)3-1/h1-8H. The van der Waals surface area contributed by atoms with E-state index < -0.39 is 0 Å². The minimum absolute atomic E-state index is 1.20. The molecular weight excluding hydrogens is 136 g/mol. The Kier molecular flexibility index (Phi) is 1.48. The molecule has 54 valence electrons. The molecule has 2 rings (SSSR count). The minimum Gasteiger partial charge on any atom is -0.473 e. The molecule has 0 saturated heterocycles. The monoisotopic (exact) mass is 144 g/mol. The van der Waals surface area contributed by atoms with E-state index in [9.17, 15) is 0 Å². The van der Waals surface area contributed by atoms with Gasteiger partial charge in [0.2, 0.25) is 0 Å². The van der Waals surface area contributed by atoms with E-state index >= 15 is 0 Å². The van der Waals surface area contributed by atoms with Gasteiger partial charge in [-0.1, -0.05) is 24.3 Å². The van der Waals surface area contributed by atoms with E-state index in [0.29, 0.717) is 0 Å². The summed E-state index contributed by atoms with van der Waals surface area (Å²) in [5, 5.41) is 0. The molecule has 0 atom stereocenters. The van der Waals surface area contributed by atoms with Crippen LogP contribution in [0, 0.1) is 0 Å². The van der Waals surface area contributed by atoms with Crippen molar-refractivity contribution in [2.75, 3.05) is 0 Å². The van der Waals surface area contributed by atoms with Gasteiger partial charge in [-0.25, -0.2) is 0 Å². The van der Waals surface area contributed by atoms with Gasteiger partial charge in [-0.2, -0.15) is 0 Å². The van der Waals surface area contributed by atoms with Crippen molar-refractivity contribution in [3.05, 3.63) is 47.9 Å². The molecule has 0 unspecified atom stereocenters. The highest BCUT2D eigenvalue weighted by Crippen LogP contribution is 2.14. The second-order valence-corrected chi connectivity index (χ2v) is 2.37. The quantitative estimate of drug-likeness (QED) is 0.544. The van der Waals surface area contributed by atoms with Crippen LogP contribution in [-0.4, -0.2) is 0 Å². The molecule has 1 heterocycles. The molecule has 0 saturated carbocycles. The first-order valence-corrected chi connectivity index (χ1v) is 3.54. The SMILES string of the molecule is C1=Cc2ccccc2C=CO1. The van der Waals surface area contributed by atoms with Gasteiger partial charge in [-0.15, -0.1) is 0 Å². The summed E-state index contributed by atoms with van der Waals surface area (Å²) >= 11 is 0. The zero-order chi connectivity index (χ0) is 7.52. The van der Waals surface area contributed by atoms with Gasteiger partial charge in [0.1, 0.15) is 0 Å². The lowest BCUT2D eigenvalue weighted by molar-refractivity contribution is 0.411. The van der Waals surface area contributed by atoms with E-state index in [0.717, 1.165) is 0 Å². The van der Waals surface area contributed by atoms with Crippen molar-refractivity contribution in [3.63, 3.8) is 0 Å². The fourth-order valence-corrected chi connectivity index (χ4v) is 1.08. The molecule has 0 radical (unpaired) electrons. The van der Waals surface area contributed by atoms with Crippen LogP contribution in [0.3, 0.4) is 0 Å². The lowest BCUT2D eigenvalue weighted by Crippen LogP contribution is -1.76. The number of hydrogen-bond donors (Lipinski definition) is 0. The maximum atomic E-state index is 5.02. The van der Waals surface area contributed by atoms with Gasteiger partial charge in [0.15, 0.2) is 0 Å². The van der Waals surface area contributed by atoms with Crippen LogP contribution in [0.5, 0.6) is 0 Å². The zero-order valence-electron chi connectivity index (χ0n) is 6.03. The number of ether oxygens (including phenoxy) is 1. The fraction of sp³-hybridized carbons (Fsp3) is 0. The van der Waals surface area contributed by atoms with Gasteiger partial charge in [0.05, 0.1) is 12.5 Å². The molecule has 1 aliphatic rings. The number of benzene rings is 1. The third-order valence-corrected chi connectivity index (χ3v) is 1.65. The van der Waals surface area contributed by atoms with Gasteiger partial charge < -0.3 is 4.74 Å². The molecular formula is C10H8O. The first-order valence-electron chi connectivity index (χ1n) is 3.54. The Morgan fingerprint density at radius 2 is 1.36 bits per heavy atom. The van der Waals surface area contributed by atoms with Gasteiger partial charge in [-0.3, -0.25) is 0 Å². The van der Waals surface area contributed by atoms with Crippen LogP contribution >= 0.6 is 0 Å². The van der Waals surface area contributed by atoms with E-state index in [1.807, 2.05) is 24.3 Å². The molecule has 0 aromatic heterocycles. The maximum Gasteiger partial charge on any atom is 0.0907 e. The number of hydrogen-bond acceptors (Lipinski definition) is 1. The smallest absolute Gasteiger partial charge is 0.0907 e. The predicted octanol–water partition coefficient (Wildman–Crippen LogP) is 2.66. The normalized spacial score (nSPS) is 13.5. The van der Waals surface area contributed by atoms with Crippen molar-refractivity contribution >= 4 is 12.2 Å². The molecule has 0 aliphatic carbocycles. The Morgan fingerprint density at radius 3 is 1.91 bits per heavy atom. The summed E-state index contributed by atoms with van der Waals surface area (Å²) in [5.74, 6) is 0. The molecule has 0 amide bonds. The summed E-state index contributed by atoms with van der Waals surface area (Å²) in [4.78, 5) is 0. The second-order valence-electron chi connectivity index (χ2n) is 2.37. The zero-order valence-corrected chi connectivity index (χ0v) is 6.03. The van der Waals surface area contributed by atoms with Crippen molar-refractivity contribution < 1.29 is 4.74 Å². The molecule has 1 heteroatoms. The number of fused-ring (bicyclic) bond motifs is 1. The largest absolute Gasteiger partial charge is 0.473 e. The lowest BCUT2D eigenvalue weighted by Gasteiger charge is -1.95. The van der Waals surface area contributed by atoms with Crippen molar-refractivity contribution in [2.24, 2.45) is 0 Å². The molecule has 1 aliphatic heterocycles. The van der Waals surface area contributed by atoms with Crippen molar-refractivity contribution in [1.29, 1.82) is 0 Å². The molecule has 1 nitrogen and oxygen atoms in total. The van der Waals surface area contributed by atoms with E-state index in [2.05, 4.69) is 12.1 Å². The van der Waals surface area contributed by atoms with E-state index in [1.54, 1.807) is 12.5 Å². The van der Waals surface area contributed by atoms with Gasteiger partial charge in [0, 0.05) is 0 Å². The highest BCUT2D eigenvalue weighted by molar-refractivity contribution is 5.65. The summed E-state index contributed by atoms with van der Waals surface area (Å²) in [7, 11) is 0. The van der Waals surface area contributed by atoms with Gasteiger partial charge >= 0.3 is 0 Å². The van der Waals surface area contributed by atoms with Gasteiger partial charge in [0.25, 0.3) is 0 Å². The third-order valence-electron chi connectivity index (χ3n) is 1.65. The maximum absolute atomic E-state index is 5.02. The summed E-state index contributed by atoms with van der Waals surface area (Å²) in [6.45, 7) is 0. The van der Waals surface area contributed by atoms with Crippen LogP contribution in [-0.2, 0) is 4.74 Å². The summed E-state index contributed by atoms with van der Waals surface area (Å²) in [6, 6.07) is 8.15.